The van der Waals surface area contributed by atoms with Gasteiger partial charge in [0.1, 0.15) is 6.04 Å². The molecule has 4 saturated carbocycles. The first-order valence-electron chi connectivity index (χ1n) is 15.4. The lowest BCUT2D eigenvalue weighted by molar-refractivity contribution is -0.164. The van der Waals surface area contributed by atoms with Gasteiger partial charge in [-0.2, -0.15) is 0 Å². The van der Waals surface area contributed by atoms with E-state index in [1.807, 2.05) is 0 Å². The van der Waals surface area contributed by atoms with Gasteiger partial charge in [0.05, 0.1) is 18.4 Å². The van der Waals surface area contributed by atoms with Gasteiger partial charge in [-0.1, -0.05) is 26.7 Å². The van der Waals surface area contributed by atoms with Crippen molar-refractivity contribution in [2.45, 2.75) is 128 Å². The van der Waals surface area contributed by atoms with Gasteiger partial charge in [-0.15, -0.1) is 0 Å². The van der Waals surface area contributed by atoms with Crippen LogP contribution in [0.2, 0.25) is 0 Å². The van der Waals surface area contributed by atoms with E-state index in [-0.39, 0.29) is 30.0 Å². The number of nitrogens with two attached hydrogens (primary N) is 3. The molecule has 0 aromatic carbocycles. The molecular formula is C30H55N5O3. The number of rotatable bonds is 10. The molecule has 0 bridgehead atoms. The normalized spacial score (nSPS) is 39.4. The molecule has 4 aliphatic rings. The second kappa shape index (κ2) is 11.7. The number of aliphatic hydroxyl groups excluding tert-OH is 1. The number of hydrogen-bond acceptors (Lipinski definition) is 6. The first-order chi connectivity index (χ1) is 17.9. The maximum absolute atomic E-state index is 12.8. The van der Waals surface area contributed by atoms with Gasteiger partial charge in [-0.3, -0.25) is 9.59 Å². The highest BCUT2D eigenvalue weighted by Crippen LogP contribution is 2.67. The van der Waals surface area contributed by atoms with Gasteiger partial charge >= 0.3 is 0 Å². The van der Waals surface area contributed by atoms with E-state index in [4.69, 9.17) is 17.2 Å². The van der Waals surface area contributed by atoms with Crippen molar-refractivity contribution in [1.29, 1.82) is 0 Å². The van der Waals surface area contributed by atoms with E-state index in [1.165, 1.54) is 44.9 Å². The number of aliphatic hydroxyl groups is 1. The van der Waals surface area contributed by atoms with Gasteiger partial charge in [0.15, 0.2) is 0 Å². The molecule has 0 heterocycles. The summed E-state index contributed by atoms with van der Waals surface area (Å²) >= 11 is 0. The summed E-state index contributed by atoms with van der Waals surface area (Å²) in [6.45, 7) is 6.62. The van der Waals surface area contributed by atoms with Crippen LogP contribution in [0.15, 0.2) is 0 Å². The van der Waals surface area contributed by atoms with Crippen LogP contribution in [0.5, 0.6) is 0 Å². The number of carbonyl (C=O) groups excluding carboxylic acids is 2. The Kier molecular flexibility index (Phi) is 9.17. The lowest BCUT2D eigenvalue weighted by Crippen LogP contribution is -2.57. The van der Waals surface area contributed by atoms with E-state index in [1.54, 1.807) is 6.92 Å². The van der Waals surface area contributed by atoms with Crippen LogP contribution in [0, 0.1) is 40.4 Å². The van der Waals surface area contributed by atoms with E-state index >= 15 is 0 Å². The summed E-state index contributed by atoms with van der Waals surface area (Å²) < 4.78 is 0. The fourth-order valence-electron chi connectivity index (χ4n) is 9.58. The lowest BCUT2D eigenvalue weighted by atomic mass is 9.44. The summed E-state index contributed by atoms with van der Waals surface area (Å²) in [5, 5.41) is 17.1. The van der Waals surface area contributed by atoms with Gasteiger partial charge in [-0.25, -0.2) is 0 Å². The molecule has 0 aliphatic heterocycles. The third kappa shape index (κ3) is 5.93. The Morgan fingerprint density at radius 1 is 1.08 bits per heavy atom. The number of hydrogen-bond donors (Lipinski definition) is 6. The van der Waals surface area contributed by atoms with Crippen molar-refractivity contribution in [3.05, 3.63) is 0 Å². The van der Waals surface area contributed by atoms with Crippen LogP contribution >= 0.6 is 0 Å². The van der Waals surface area contributed by atoms with Crippen LogP contribution in [0.3, 0.4) is 0 Å². The van der Waals surface area contributed by atoms with E-state index in [0.29, 0.717) is 42.4 Å². The first kappa shape index (κ1) is 29.8. The van der Waals surface area contributed by atoms with Crippen molar-refractivity contribution in [2.75, 3.05) is 6.67 Å². The standard InChI is InChI=1S/C30H55N5O3/c1-28-15-5-4-7-19(28)10-12-21-22-13-11-20(30(22,3)25(36)17-23(21)28)8-6-9-26(37)35-24(27(38)34-18-31)14-16-29(2,32)33/h19-25,36H,4-18,31-33H2,1-3H3,(H,34,38)(H,35,37)/t19?,20?,21?,22?,23?,24?,25?,28-,30?/m1/s1. The molecule has 0 aromatic rings. The smallest absolute Gasteiger partial charge is 0.243 e. The Morgan fingerprint density at radius 3 is 2.55 bits per heavy atom. The second-order valence-electron chi connectivity index (χ2n) is 14.1. The summed E-state index contributed by atoms with van der Waals surface area (Å²) in [6.07, 6.45) is 14.1. The largest absolute Gasteiger partial charge is 0.393 e. The van der Waals surface area contributed by atoms with Gasteiger partial charge in [-0.05, 0) is 118 Å². The molecule has 0 radical (unpaired) electrons. The predicted molar refractivity (Wildman–Crippen MR) is 150 cm³/mol. The predicted octanol–water partition coefficient (Wildman–Crippen LogP) is 3.11. The number of fused-ring (bicyclic) bond motifs is 5. The fraction of sp³-hybridized carbons (Fsp3) is 0.933. The van der Waals surface area contributed by atoms with Crippen molar-refractivity contribution < 1.29 is 14.7 Å². The molecule has 218 valence electrons. The Morgan fingerprint density at radius 2 is 1.84 bits per heavy atom. The van der Waals surface area contributed by atoms with Crippen molar-refractivity contribution in [3.8, 4) is 0 Å². The fourth-order valence-corrected chi connectivity index (χ4v) is 9.58. The highest BCUT2D eigenvalue weighted by Gasteiger charge is 2.62. The molecule has 9 N–H and O–H groups in total. The van der Waals surface area contributed by atoms with Crippen LogP contribution in [0.4, 0.5) is 0 Å². The average molecular weight is 534 g/mol. The molecule has 0 saturated heterocycles. The minimum absolute atomic E-state index is 0.0130. The van der Waals surface area contributed by atoms with Crippen LogP contribution in [0.25, 0.3) is 0 Å². The zero-order valence-corrected chi connectivity index (χ0v) is 24.1. The summed E-state index contributed by atoms with van der Waals surface area (Å²) in [5.74, 6) is 2.86. The van der Waals surface area contributed by atoms with Crippen molar-refractivity contribution >= 4 is 11.8 Å². The van der Waals surface area contributed by atoms with E-state index in [2.05, 4.69) is 24.5 Å². The molecule has 8 nitrogen and oxygen atoms in total. The molecule has 0 spiro atoms. The van der Waals surface area contributed by atoms with Gasteiger partial charge < -0.3 is 32.9 Å². The first-order valence-corrected chi connectivity index (χ1v) is 15.4. The van der Waals surface area contributed by atoms with Crippen LogP contribution < -0.4 is 27.8 Å². The summed E-state index contributed by atoms with van der Waals surface area (Å²) in [7, 11) is 0. The number of nitrogens with one attached hydrogen (secondary N) is 2. The van der Waals surface area contributed by atoms with Gasteiger partial charge in [0.2, 0.25) is 11.8 Å². The summed E-state index contributed by atoms with van der Waals surface area (Å²) in [6, 6.07) is -0.695. The minimum Gasteiger partial charge on any atom is -0.393 e. The van der Waals surface area contributed by atoms with Crippen LogP contribution in [-0.2, 0) is 9.59 Å². The van der Waals surface area contributed by atoms with Crippen LogP contribution in [0.1, 0.15) is 111 Å². The third-order valence-electron chi connectivity index (χ3n) is 11.7. The number of amides is 2. The zero-order valence-electron chi connectivity index (χ0n) is 24.1. The molecule has 0 aromatic heterocycles. The van der Waals surface area contributed by atoms with Crippen molar-refractivity contribution in [3.63, 3.8) is 0 Å². The van der Waals surface area contributed by atoms with E-state index in [0.717, 1.165) is 37.5 Å². The van der Waals surface area contributed by atoms with E-state index in [9.17, 15) is 14.7 Å². The summed E-state index contributed by atoms with van der Waals surface area (Å²) in [5.41, 5.74) is 16.7. The van der Waals surface area contributed by atoms with E-state index < -0.39 is 11.7 Å². The molecule has 8 unspecified atom stereocenters. The molecule has 4 aliphatic carbocycles. The molecule has 2 amide bonds. The quantitative estimate of drug-likeness (QED) is 0.237. The maximum Gasteiger partial charge on any atom is 0.243 e. The molecule has 9 atom stereocenters. The SMILES string of the molecule is CC(N)(N)CCC(NC(=O)CCCC1CCC2C3CCC4CCCC[C@@]4(C)C3CC(O)C12C)C(=O)NCN. The Hall–Kier alpha value is -1.22. The lowest BCUT2D eigenvalue weighted by Gasteiger charge is -2.62. The molecular weight excluding hydrogens is 478 g/mol. The Bertz CT molecular complexity index is 846. The highest BCUT2D eigenvalue weighted by atomic mass is 16.3. The molecule has 8 heteroatoms. The molecule has 38 heavy (non-hydrogen) atoms. The van der Waals surface area contributed by atoms with Crippen molar-refractivity contribution in [1.82, 2.24) is 10.6 Å². The van der Waals surface area contributed by atoms with Gasteiger partial charge in [0, 0.05) is 6.42 Å². The number of carbonyl (C=O) groups is 2. The monoisotopic (exact) mass is 533 g/mol. The Labute approximate surface area is 230 Å². The topological polar surface area (TPSA) is 156 Å². The average Bonchev–Trinajstić information content (AvgIpc) is 3.19. The zero-order chi connectivity index (χ0) is 27.7. The van der Waals surface area contributed by atoms with Crippen molar-refractivity contribution in [2.24, 2.45) is 57.6 Å². The molecule has 4 rings (SSSR count). The highest BCUT2D eigenvalue weighted by molar-refractivity contribution is 5.87. The van der Waals surface area contributed by atoms with Gasteiger partial charge in [0.25, 0.3) is 0 Å². The second-order valence-corrected chi connectivity index (χ2v) is 14.1. The molecule has 4 fully saturated rings. The third-order valence-corrected chi connectivity index (χ3v) is 11.7. The Balaban J connectivity index is 1.33. The summed E-state index contributed by atoms with van der Waals surface area (Å²) in [4.78, 5) is 25.2. The minimum atomic E-state index is -0.909. The maximum atomic E-state index is 12.8. The van der Waals surface area contributed by atoms with Crippen LogP contribution in [-0.4, -0.2) is 41.4 Å².